The first kappa shape index (κ1) is 15.0. The van der Waals surface area contributed by atoms with Crippen LogP contribution in [0.2, 0.25) is 0 Å². The largest absolute Gasteiger partial charge is 0.352 e. The number of benzene rings is 1. The predicted octanol–water partition coefficient (Wildman–Crippen LogP) is 1.91. The molecule has 1 saturated heterocycles. The number of aryl methyl sites for hydroxylation is 1. The van der Waals surface area contributed by atoms with Crippen LogP contribution in [0.25, 0.3) is 0 Å². The van der Waals surface area contributed by atoms with Gasteiger partial charge in [-0.1, -0.05) is 30.3 Å². The number of amides is 1. The van der Waals surface area contributed by atoms with Gasteiger partial charge in [-0.3, -0.25) is 4.79 Å². The number of hydrogen-bond donors (Lipinski definition) is 2. The molecule has 2 N–H and O–H groups in total. The van der Waals surface area contributed by atoms with Gasteiger partial charge in [-0.2, -0.15) is 0 Å². The van der Waals surface area contributed by atoms with Gasteiger partial charge in [-0.25, -0.2) is 0 Å². The molecule has 0 bridgehead atoms. The van der Waals surface area contributed by atoms with Gasteiger partial charge in [0.25, 0.3) is 0 Å². The molecular weight excluding hydrogens is 248 g/mol. The Kier molecular flexibility index (Phi) is 6.76. The van der Waals surface area contributed by atoms with Gasteiger partial charge in [-0.15, -0.1) is 12.4 Å². The van der Waals surface area contributed by atoms with Crippen molar-refractivity contribution in [1.29, 1.82) is 0 Å². The summed E-state index contributed by atoms with van der Waals surface area (Å²) in [4.78, 5) is 11.7. The minimum absolute atomic E-state index is 0. The van der Waals surface area contributed by atoms with Crippen LogP contribution in [0.3, 0.4) is 0 Å². The van der Waals surface area contributed by atoms with E-state index in [-0.39, 0.29) is 18.3 Å². The zero-order chi connectivity index (χ0) is 11.9. The molecule has 0 spiro atoms. The topological polar surface area (TPSA) is 41.1 Å². The van der Waals surface area contributed by atoms with Gasteiger partial charge in [0.1, 0.15) is 0 Å². The van der Waals surface area contributed by atoms with E-state index in [0.29, 0.717) is 12.5 Å². The maximum atomic E-state index is 11.7. The van der Waals surface area contributed by atoms with Crippen LogP contribution >= 0.6 is 12.4 Å². The molecule has 1 heterocycles. The molecule has 1 aliphatic rings. The molecule has 3 nitrogen and oxygen atoms in total. The molecule has 1 amide bonds. The normalized spacial score (nSPS) is 18.8. The molecule has 100 valence electrons. The monoisotopic (exact) mass is 268 g/mol. The second-order valence-electron chi connectivity index (χ2n) is 4.60. The molecule has 0 saturated carbocycles. The van der Waals surface area contributed by atoms with Crippen molar-refractivity contribution < 1.29 is 4.79 Å². The Bertz CT molecular complexity index is 350. The maximum Gasteiger partial charge on any atom is 0.220 e. The second-order valence-corrected chi connectivity index (χ2v) is 4.60. The molecule has 0 aromatic heterocycles. The smallest absolute Gasteiger partial charge is 0.220 e. The molecule has 1 aromatic rings. The van der Waals surface area contributed by atoms with E-state index in [1.807, 2.05) is 18.2 Å². The van der Waals surface area contributed by atoms with Crippen molar-refractivity contribution in [2.24, 2.45) is 0 Å². The Morgan fingerprint density at radius 2 is 2.11 bits per heavy atom. The van der Waals surface area contributed by atoms with E-state index in [4.69, 9.17) is 0 Å². The van der Waals surface area contributed by atoms with Gasteiger partial charge >= 0.3 is 0 Å². The lowest BCUT2D eigenvalue weighted by molar-refractivity contribution is -0.121. The summed E-state index contributed by atoms with van der Waals surface area (Å²) in [6.07, 6.45) is 3.67. The van der Waals surface area contributed by atoms with Crippen molar-refractivity contribution >= 4 is 18.3 Å². The fraction of sp³-hybridized carbons (Fsp3) is 0.500. The van der Waals surface area contributed by atoms with E-state index in [1.165, 1.54) is 5.56 Å². The van der Waals surface area contributed by atoms with E-state index >= 15 is 0 Å². The first-order chi connectivity index (χ1) is 8.34. The van der Waals surface area contributed by atoms with Crippen LogP contribution in [0, 0.1) is 0 Å². The average Bonchev–Trinajstić information content (AvgIpc) is 2.39. The SMILES string of the molecule is Cl.O=C(CCc1ccccc1)N[C@@H]1CCCNC1. The fourth-order valence-electron chi connectivity index (χ4n) is 2.18. The van der Waals surface area contributed by atoms with Crippen LogP contribution in [-0.4, -0.2) is 25.0 Å². The standard InChI is InChI=1S/C14H20N2O.ClH/c17-14(16-13-7-4-10-15-11-13)9-8-12-5-2-1-3-6-12;/h1-3,5-6,13,15H,4,7-11H2,(H,16,17);1H/t13-;/m1./s1. The van der Waals surface area contributed by atoms with Crippen LogP contribution in [0.15, 0.2) is 30.3 Å². The van der Waals surface area contributed by atoms with Crippen LogP contribution in [0.1, 0.15) is 24.8 Å². The highest BCUT2D eigenvalue weighted by Gasteiger charge is 2.14. The van der Waals surface area contributed by atoms with E-state index < -0.39 is 0 Å². The number of rotatable bonds is 4. The minimum atomic E-state index is 0. The Morgan fingerprint density at radius 3 is 2.78 bits per heavy atom. The summed E-state index contributed by atoms with van der Waals surface area (Å²) < 4.78 is 0. The predicted molar refractivity (Wildman–Crippen MR) is 76.0 cm³/mol. The molecule has 1 fully saturated rings. The summed E-state index contributed by atoms with van der Waals surface area (Å²) >= 11 is 0. The maximum absolute atomic E-state index is 11.7. The molecule has 0 radical (unpaired) electrons. The lowest BCUT2D eigenvalue weighted by atomic mass is 10.1. The third-order valence-electron chi connectivity index (χ3n) is 3.15. The van der Waals surface area contributed by atoms with Crippen molar-refractivity contribution in [3.05, 3.63) is 35.9 Å². The van der Waals surface area contributed by atoms with Crippen LogP contribution in [0.5, 0.6) is 0 Å². The van der Waals surface area contributed by atoms with Crippen LogP contribution in [0.4, 0.5) is 0 Å². The van der Waals surface area contributed by atoms with Gasteiger partial charge in [0.15, 0.2) is 0 Å². The number of halogens is 1. The molecule has 1 atom stereocenters. The summed E-state index contributed by atoms with van der Waals surface area (Å²) in [7, 11) is 0. The Hall–Kier alpha value is -1.06. The molecule has 0 unspecified atom stereocenters. The van der Waals surface area contributed by atoms with Crippen molar-refractivity contribution in [3.63, 3.8) is 0 Å². The number of carbonyl (C=O) groups excluding carboxylic acids is 1. The number of carbonyl (C=O) groups is 1. The van der Waals surface area contributed by atoms with Gasteiger partial charge in [0.05, 0.1) is 0 Å². The average molecular weight is 269 g/mol. The van der Waals surface area contributed by atoms with E-state index in [2.05, 4.69) is 22.8 Å². The molecule has 4 heteroatoms. The van der Waals surface area contributed by atoms with Gasteiger partial charge in [-0.05, 0) is 31.4 Å². The molecule has 0 aliphatic carbocycles. The Balaban J connectivity index is 0.00000162. The quantitative estimate of drug-likeness (QED) is 0.876. The number of nitrogens with one attached hydrogen (secondary N) is 2. The van der Waals surface area contributed by atoms with Gasteiger partial charge in [0.2, 0.25) is 5.91 Å². The van der Waals surface area contributed by atoms with Crippen LogP contribution in [-0.2, 0) is 11.2 Å². The highest BCUT2D eigenvalue weighted by molar-refractivity contribution is 5.85. The lowest BCUT2D eigenvalue weighted by Crippen LogP contribution is -2.45. The molecular formula is C14H21ClN2O. The second kappa shape index (κ2) is 8.11. The lowest BCUT2D eigenvalue weighted by Gasteiger charge is -2.23. The Labute approximate surface area is 115 Å². The molecule has 1 aromatic carbocycles. The highest BCUT2D eigenvalue weighted by atomic mass is 35.5. The molecule has 2 rings (SSSR count). The summed E-state index contributed by atoms with van der Waals surface area (Å²) in [6.45, 7) is 1.99. The van der Waals surface area contributed by atoms with Crippen molar-refractivity contribution in [3.8, 4) is 0 Å². The summed E-state index contributed by atoms with van der Waals surface area (Å²) in [5, 5.41) is 6.39. The zero-order valence-electron chi connectivity index (χ0n) is 10.5. The minimum Gasteiger partial charge on any atom is -0.352 e. The third-order valence-corrected chi connectivity index (χ3v) is 3.15. The van der Waals surface area contributed by atoms with E-state index in [1.54, 1.807) is 0 Å². The third kappa shape index (κ3) is 5.07. The summed E-state index contributed by atoms with van der Waals surface area (Å²) in [5.74, 6) is 0.169. The van der Waals surface area contributed by atoms with Crippen molar-refractivity contribution in [2.45, 2.75) is 31.7 Å². The molecule has 1 aliphatic heterocycles. The summed E-state index contributed by atoms with van der Waals surface area (Å²) in [5.41, 5.74) is 1.23. The first-order valence-electron chi connectivity index (χ1n) is 6.38. The zero-order valence-corrected chi connectivity index (χ0v) is 11.3. The van der Waals surface area contributed by atoms with Crippen LogP contribution < -0.4 is 10.6 Å². The van der Waals surface area contributed by atoms with E-state index in [0.717, 1.165) is 32.4 Å². The van der Waals surface area contributed by atoms with Gasteiger partial charge in [0, 0.05) is 19.0 Å². The number of hydrogen-bond acceptors (Lipinski definition) is 2. The van der Waals surface area contributed by atoms with Gasteiger partial charge < -0.3 is 10.6 Å². The molecule has 18 heavy (non-hydrogen) atoms. The van der Waals surface area contributed by atoms with Crippen molar-refractivity contribution in [1.82, 2.24) is 10.6 Å². The van der Waals surface area contributed by atoms with Crippen molar-refractivity contribution in [2.75, 3.05) is 13.1 Å². The Morgan fingerprint density at radius 1 is 1.33 bits per heavy atom. The fourth-order valence-corrected chi connectivity index (χ4v) is 2.18. The number of piperidine rings is 1. The highest BCUT2D eigenvalue weighted by Crippen LogP contribution is 2.04. The first-order valence-corrected chi connectivity index (χ1v) is 6.38. The van der Waals surface area contributed by atoms with E-state index in [9.17, 15) is 4.79 Å². The summed E-state index contributed by atoms with van der Waals surface area (Å²) in [6, 6.07) is 10.5.